The van der Waals surface area contributed by atoms with Crippen LogP contribution in [0.3, 0.4) is 0 Å². The number of benzene rings is 1. The Morgan fingerprint density at radius 2 is 2.03 bits per heavy atom. The third kappa shape index (κ3) is 3.45. The number of nitrogen functional groups attached to an aromatic ring is 1. The SMILES string of the molecule is CO/N=C1\CN(c2c(F)c(N)c3c(=O)c(C(=O)O)cn(C4CC4)c3c2F)CC1(C)CN.Cl. The topological polar surface area (TPSA) is 136 Å². The van der Waals surface area contributed by atoms with Crippen LogP contribution in [0.2, 0.25) is 0 Å². The van der Waals surface area contributed by atoms with Gasteiger partial charge in [-0.2, -0.15) is 0 Å². The number of halogens is 3. The number of aromatic nitrogens is 1. The Labute approximate surface area is 188 Å². The molecule has 1 saturated heterocycles. The lowest BCUT2D eigenvalue weighted by Gasteiger charge is -2.25. The van der Waals surface area contributed by atoms with Gasteiger partial charge in [-0.3, -0.25) is 4.79 Å². The van der Waals surface area contributed by atoms with Crippen LogP contribution in [0.15, 0.2) is 16.1 Å². The standard InChI is InChI=1S/C20H23F2N5O4.ClH/c1-20(7-23)8-26(6-11(20)25-31-2)17-13(21)15(24)12-16(14(17)22)27(9-3-4-9)5-10(18(12)28)19(29)30;/h5,9H,3-4,6-8,23-24H2,1-2H3,(H,29,30);1H/b25-11+;. The Bertz CT molecular complexity index is 1200. The maximum atomic E-state index is 15.8. The third-order valence-corrected chi connectivity index (χ3v) is 6.08. The van der Waals surface area contributed by atoms with E-state index >= 15 is 8.78 Å². The number of aromatic carboxylic acids is 1. The van der Waals surface area contributed by atoms with Gasteiger partial charge in [0.25, 0.3) is 0 Å². The zero-order valence-corrected chi connectivity index (χ0v) is 18.3. The molecule has 2 heterocycles. The molecule has 1 saturated carbocycles. The van der Waals surface area contributed by atoms with Crippen molar-refractivity contribution in [1.82, 2.24) is 4.57 Å². The minimum Gasteiger partial charge on any atom is -0.477 e. The fourth-order valence-corrected chi connectivity index (χ4v) is 4.15. The normalized spacial score (nSPS) is 21.8. The van der Waals surface area contributed by atoms with Gasteiger partial charge in [-0.1, -0.05) is 12.1 Å². The molecule has 0 radical (unpaired) electrons. The third-order valence-electron chi connectivity index (χ3n) is 6.08. The summed E-state index contributed by atoms with van der Waals surface area (Å²) in [5, 5.41) is 12.9. The molecule has 9 nitrogen and oxygen atoms in total. The molecule has 1 aromatic heterocycles. The van der Waals surface area contributed by atoms with Gasteiger partial charge < -0.3 is 30.9 Å². The van der Waals surface area contributed by atoms with Gasteiger partial charge in [-0.25, -0.2) is 13.6 Å². The molecule has 0 bridgehead atoms. The van der Waals surface area contributed by atoms with Crippen LogP contribution in [0.1, 0.15) is 36.2 Å². The monoisotopic (exact) mass is 471 g/mol. The summed E-state index contributed by atoms with van der Waals surface area (Å²) in [6.07, 6.45) is 2.48. The molecule has 1 atom stereocenters. The Morgan fingerprint density at radius 1 is 1.38 bits per heavy atom. The van der Waals surface area contributed by atoms with Crippen molar-refractivity contribution in [3.8, 4) is 0 Å². The van der Waals surface area contributed by atoms with E-state index in [0.717, 1.165) is 6.20 Å². The highest BCUT2D eigenvalue weighted by atomic mass is 35.5. The number of nitrogens with zero attached hydrogens (tertiary/aromatic N) is 3. The highest BCUT2D eigenvalue weighted by Crippen LogP contribution is 2.43. The first-order valence-corrected chi connectivity index (χ1v) is 9.78. The second kappa shape index (κ2) is 8.21. The average molecular weight is 472 g/mol. The van der Waals surface area contributed by atoms with Gasteiger partial charge in [0, 0.05) is 30.7 Å². The second-order valence-corrected chi connectivity index (χ2v) is 8.27. The van der Waals surface area contributed by atoms with Crippen LogP contribution in [-0.2, 0) is 4.84 Å². The summed E-state index contributed by atoms with van der Waals surface area (Å²) in [5.41, 5.74) is 8.91. The van der Waals surface area contributed by atoms with Crippen LogP contribution >= 0.6 is 12.4 Å². The molecule has 0 spiro atoms. The predicted molar refractivity (Wildman–Crippen MR) is 119 cm³/mol. The lowest BCUT2D eigenvalue weighted by molar-refractivity contribution is 0.0695. The number of hydrogen-bond donors (Lipinski definition) is 3. The molecule has 1 aliphatic carbocycles. The van der Waals surface area contributed by atoms with Crippen LogP contribution in [0, 0.1) is 17.0 Å². The molecule has 12 heteroatoms. The summed E-state index contributed by atoms with van der Waals surface area (Å²) in [6.45, 7) is 2.20. The number of pyridine rings is 1. The van der Waals surface area contributed by atoms with Crippen molar-refractivity contribution < 1.29 is 23.5 Å². The lowest BCUT2D eigenvalue weighted by Crippen LogP contribution is -2.36. The molecule has 1 aliphatic heterocycles. The van der Waals surface area contributed by atoms with E-state index in [1.807, 2.05) is 6.92 Å². The van der Waals surface area contributed by atoms with E-state index in [-0.39, 0.29) is 43.6 Å². The largest absolute Gasteiger partial charge is 0.477 e. The van der Waals surface area contributed by atoms with E-state index < -0.39 is 50.8 Å². The molecule has 2 aromatic rings. The summed E-state index contributed by atoms with van der Waals surface area (Å²) < 4.78 is 32.6. The second-order valence-electron chi connectivity index (χ2n) is 8.27. The first-order chi connectivity index (χ1) is 14.6. The maximum Gasteiger partial charge on any atom is 0.341 e. The van der Waals surface area contributed by atoms with Gasteiger partial charge in [0.15, 0.2) is 11.6 Å². The number of carbonyl (C=O) groups is 1. The Hall–Kier alpha value is -2.92. The van der Waals surface area contributed by atoms with E-state index in [1.54, 1.807) is 0 Å². The van der Waals surface area contributed by atoms with E-state index in [4.69, 9.17) is 16.3 Å². The van der Waals surface area contributed by atoms with E-state index in [0.29, 0.717) is 18.6 Å². The number of carboxylic acids is 1. The van der Waals surface area contributed by atoms with Crippen LogP contribution in [0.5, 0.6) is 0 Å². The van der Waals surface area contributed by atoms with Crippen LogP contribution in [0.4, 0.5) is 20.2 Å². The molecular weight excluding hydrogens is 448 g/mol. The summed E-state index contributed by atoms with van der Waals surface area (Å²) in [5.74, 6) is -3.57. The minimum absolute atomic E-state index is 0. The smallest absolute Gasteiger partial charge is 0.341 e. The predicted octanol–water partition coefficient (Wildman–Crippen LogP) is 2.10. The molecule has 4 rings (SSSR count). The minimum atomic E-state index is -1.48. The van der Waals surface area contributed by atoms with Crippen molar-refractivity contribution in [3.63, 3.8) is 0 Å². The average Bonchev–Trinajstić information content (AvgIpc) is 3.51. The summed E-state index contributed by atoms with van der Waals surface area (Å²) in [4.78, 5) is 30.6. The molecule has 5 N–H and O–H groups in total. The summed E-state index contributed by atoms with van der Waals surface area (Å²) >= 11 is 0. The molecule has 1 unspecified atom stereocenters. The van der Waals surface area contributed by atoms with Crippen molar-refractivity contribution >= 4 is 46.4 Å². The van der Waals surface area contributed by atoms with Gasteiger partial charge in [0.1, 0.15) is 18.4 Å². The zero-order chi connectivity index (χ0) is 22.7. The quantitative estimate of drug-likeness (QED) is 0.448. The molecule has 1 aromatic carbocycles. The first-order valence-electron chi connectivity index (χ1n) is 9.78. The van der Waals surface area contributed by atoms with Crippen LogP contribution in [-0.4, -0.2) is 48.1 Å². The zero-order valence-electron chi connectivity index (χ0n) is 17.5. The molecule has 0 amide bonds. The van der Waals surface area contributed by atoms with E-state index in [1.165, 1.54) is 16.6 Å². The Kier molecular flexibility index (Phi) is 6.09. The maximum absolute atomic E-state index is 15.8. The van der Waals surface area contributed by atoms with Crippen molar-refractivity contribution in [2.24, 2.45) is 16.3 Å². The number of oxime groups is 1. The molecule has 2 aliphatic rings. The number of carboxylic acid groups (broad SMARTS) is 1. The molecule has 2 fully saturated rings. The summed E-state index contributed by atoms with van der Waals surface area (Å²) in [6, 6.07) is -0.188. The Morgan fingerprint density at radius 3 is 2.56 bits per heavy atom. The van der Waals surface area contributed by atoms with Crippen molar-refractivity contribution in [1.29, 1.82) is 0 Å². The number of hydrogen-bond acceptors (Lipinski definition) is 7. The van der Waals surface area contributed by atoms with Gasteiger partial charge in [0.05, 0.1) is 28.8 Å². The van der Waals surface area contributed by atoms with Crippen LogP contribution < -0.4 is 21.8 Å². The fraction of sp³-hybridized carbons (Fsp3) is 0.450. The highest BCUT2D eigenvalue weighted by molar-refractivity contribution is 6.02. The lowest BCUT2D eigenvalue weighted by atomic mass is 9.88. The van der Waals surface area contributed by atoms with Gasteiger partial charge in [-0.15, -0.1) is 12.4 Å². The van der Waals surface area contributed by atoms with E-state index in [9.17, 15) is 14.7 Å². The van der Waals surface area contributed by atoms with Crippen molar-refractivity contribution in [3.05, 3.63) is 33.6 Å². The summed E-state index contributed by atoms with van der Waals surface area (Å²) in [7, 11) is 1.37. The Balaban J connectivity index is 0.00000289. The van der Waals surface area contributed by atoms with Gasteiger partial charge >= 0.3 is 5.97 Å². The van der Waals surface area contributed by atoms with Crippen LogP contribution in [0.25, 0.3) is 10.9 Å². The number of anilines is 2. The van der Waals surface area contributed by atoms with E-state index in [2.05, 4.69) is 5.16 Å². The highest BCUT2D eigenvalue weighted by Gasteiger charge is 2.43. The number of rotatable bonds is 5. The number of nitrogens with two attached hydrogens (primary N) is 2. The van der Waals surface area contributed by atoms with Gasteiger partial charge in [-0.05, 0) is 12.8 Å². The number of fused-ring (bicyclic) bond motifs is 1. The molecule has 32 heavy (non-hydrogen) atoms. The van der Waals surface area contributed by atoms with Crippen molar-refractivity contribution in [2.45, 2.75) is 25.8 Å². The molecule has 174 valence electrons. The molecular formula is C20H24ClF2N5O4. The van der Waals surface area contributed by atoms with Crippen molar-refractivity contribution in [2.75, 3.05) is 37.4 Å². The first kappa shape index (κ1) is 23.7. The fourth-order valence-electron chi connectivity index (χ4n) is 4.15. The van der Waals surface area contributed by atoms with Gasteiger partial charge in [0.2, 0.25) is 5.43 Å².